The summed E-state index contributed by atoms with van der Waals surface area (Å²) in [6.45, 7) is 1.86. The topological polar surface area (TPSA) is 59.1 Å². The quantitative estimate of drug-likeness (QED) is 0.856. The number of sulfonamides is 1. The molecule has 0 atom stereocenters. The molecule has 0 aliphatic heterocycles. The van der Waals surface area contributed by atoms with Crippen LogP contribution in [0.4, 0.5) is 5.82 Å². The van der Waals surface area contributed by atoms with Gasteiger partial charge in [0.1, 0.15) is 10.5 Å². The van der Waals surface area contributed by atoms with Crippen molar-refractivity contribution >= 4 is 47.7 Å². The average Bonchev–Trinajstić information content (AvgIpc) is 2.11. The van der Waals surface area contributed by atoms with Crippen molar-refractivity contribution in [2.75, 3.05) is 9.38 Å². The maximum absolute atomic E-state index is 11.2. The van der Waals surface area contributed by atoms with Gasteiger partial charge < -0.3 is 0 Å². The van der Waals surface area contributed by atoms with Gasteiger partial charge in [-0.2, -0.15) is 0 Å². The summed E-state index contributed by atoms with van der Waals surface area (Å²) in [7, 11) is -3.31. The van der Waals surface area contributed by atoms with Gasteiger partial charge in [0.15, 0.2) is 0 Å². The predicted molar refractivity (Wildman–Crippen MR) is 63.0 cm³/mol. The second-order valence-electron chi connectivity index (χ2n) is 2.64. The van der Waals surface area contributed by atoms with Crippen molar-refractivity contribution in [1.29, 1.82) is 0 Å². The molecule has 0 aromatic carbocycles. The van der Waals surface area contributed by atoms with Crippen LogP contribution in [0.25, 0.3) is 0 Å². The van der Waals surface area contributed by atoms with Crippen molar-refractivity contribution < 1.29 is 8.42 Å². The SMILES string of the molecule is Cc1cc(NS(=O)(=O)CBr)ncc1Br. The molecule has 0 amide bonds. The van der Waals surface area contributed by atoms with E-state index < -0.39 is 10.0 Å². The first-order valence-corrected chi connectivity index (χ1v) is 7.20. The molecular formula is C7H8Br2N2O2S. The van der Waals surface area contributed by atoms with Gasteiger partial charge in [-0.25, -0.2) is 13.4 Å². The van der Waals surface area contributed by atoms with E-state index in [0.29, 0.717) is 5.82 Å². The molecule has 1 N–H and O–H groups in total. The summed E-state index contributed by atoms with van der Waals surface area (Å²) < 4.78 is 25.3. The van der Waals surface area contributed by atoms with Gasteiger partial charge in [-0.05, 0) is 34.5 Å². The second-order valence-corrected chi connectivity index (χ2v) is 6.52. The fourth-order valence-electron chi connectivity index (χ4n) is 0.782. The molecule has 0 aliphatic rings. The number of hydrogen-bond acceptors (Lipinski definition) is 3. The fourth-order valence-corrected chi connectivity index (χ4v) is 1.83. The Morgan fingerprint density at radius 1 is 1.57 bits per heavy atom. The van der Waals surface area contributed by atoms with Gasteiger partial charge in [-0.15, -0.1) is 0 Å². The van der Waals surface area contributed by atoms with Crippen LogP contribution >= 0.6 is 31.9 Å². The number of nitrogens with zero attached hydrogens (tertiary/aromatic N) is 1. The summed E-state index contributed by atoms with van der Waals surface area (Å²) in [6, 6.07) is 1.66. The van der Waals surface area contributed by atoms with E-state index in [-0.39, 0.29) is 4.66 Å². The van der Waals surface area contributed by atoms with Crippen LogP contribution < -0.4 is 4.72 Å². The van der Waals surface area contributed by atoms with Gasteiger partial charge in [-0.3, -0.25) is 4.72 Å². The summed E-state index contributed by atoms with van der Waals surface area (Å²) in [5.74, 6) is 0.324. The summed E-state index contributed by atoms with van der Waals surface area (Å²) in [5, 5.41) is 0. The Kier molecular flexibility index (Phi) is 3.91. The van der Waals surface area contributed by atoms with E-state index in [9.17, 15) is 8.42 Å². The molecule has 0 bridgehead atoms. The van der Waals surface area contributed by atoms with Crippen LogP contribution in [-0.2, 0) is 10.0 Å². The molecule has 0 spiro atoms. The molecule has 1 aromatic heterocycles. The largest absolute Gasteiger partial charge is 0.267 e. The molecule has 4 nitrogen and oxygen atoms in total. The highest BCUT2D eigenvalue weighted by molar-refractivity contribution is 9.11. The third-order valence-corrected chi connectivity index (χ3v) is 4.90. The van der Waals surface area contributed by atoms with Gasteiger partial charge in [0.2, 0.25) is 10.0 Å². The third-order valence-electron chi connectivity index (χ3n) is 1.45. The lowest BCUT2D eigenvalue weighted by atomic mass is 10.3. The van der Waals surface area contributed by atoms with Crippen molar-refractivity contribution in [1.82, 2.24) is 4.98 Å². The lowest BCUT2D eigenvalue weighted by Crippen LogP contribution is -2.14. The molecule has 0 radical (unpaired) electrons. The van der Waals surface area contributed by atoms with Crippen LogP contribution in [-0.4, -0.2) is 18.1 Å². The Hall–Kier alpha value is -0.140. The number of anilines is 1. The van der Waals surface area contributed by atoms with Crippen LogP contribution in [0.3, 0.4) is 0 Å². The van der Waals surface area contributed by atoms with E-state index in [2.05, 4.69) is 41.6 Å². The van der Waals surface area contributed by atoms with Crippen molar-refractivity contribution in [2.24, 2.45) is 0 Å². The van der Waals surface area contributed by atoms with Gasteiger partial charge in [0.05, 0.1) is 0 Å². The molecule has 7 heteroatoms. The maximum Gasteiger partial charge on any atom is 0.243 e. The number of pyridine rings is 1. The monoisotopic (exact) mass is 342 g/mol. The molecule has 0 aliphatic carbocycles. The molecule has 78 valence electrons. The van der Waals surface area contributed by atoms with E-state index in [1.54, 1.807) is 12.3 Å². The van der Waals surface area contributed by atoms with Crippen LogP contribution in [0.5, 0.6) is 0 Å². The number of aromatic nitrogens is 1. The maximum atomic E-state index is 11.2. The summed E-state index contributed by atoms with van der Waals surface area (Å²) in [6.07, 6.45) is 1.56. The van der Waals surface area contributed by atoms with Crippen molar-refractivity contribution in [2.45, 2.75) is 6.92 Å². The minimum Gasteiger partial charge on any atom is -0.267 e. The van der Waals surface area contributed by atoms with Crippen molar-refractivity contribution in [3.8, 4) is 0 Å². The lowest BCUT2D eigenvalue weighted by Gasteiger charge is -2.05. The van der Waals surface area contributed by atoms with E-state index in [0.717, 1.165) is 10.0 Å². The summed E-state index contributed by atoms with van der Waals surface area (Å²) in [5.41, 5.74) is 0.923. The molecular weight excluding hydrogens is 336 g/mol. The highest BCUT2D eigenvalue weighted by Gasteiger charge is 2.08. The van der Waals surface area contributed by atoms with Gasteiger partial charge in [0.25, 0.3) is 0 Å². The third kappa shape index (κ3) is 3.21. The Labute approximate surface area is 99.4 Å². The number of alkyl halides is 1. The number of rotatable bonds is 3. The van der Waals surface area contributed by atoms with Gasteiger partial charge >= 0.3 is 0 Å². The number of halogens is 2. The minimum atomic E-state index is -3.31. The molecule has 1 rings (SSSR count). The Balaban J connectivity index is 2.94. The molecule has 1 heterocycles. The molecule has 0 saturated carbocycles. The van der Waals surface area contributed by atoms with Gasteiger partial charge in [-0.1, -0.05) is 15.9 Å². The first-order chi connectivity index (χ1) is 6.44. The minimum absolute atomic E-state index is 0.142. The fraction of sp³-hybridized carbons (Fsp3) is 0.286. The number of aryl methyl sites for hydroxylation is 1. The smallest absolute Gasteiger partial charge is 0.243 e. The van der Waals surface area contributed by atoms with E-state index in [4.69, 9.17) is 0 Å². The Morgan fingerprint density at radius 3 is 2.71 bits per heavy atom. The molecule has 0 saturated heterocycles. The number of hydrogen-bond donors (Lipinski definition) is 1. The van der Waals surface area contributed by atoms with E-state index in [1.807, 2.05) is 6.92 Å². The zero-order chi connectivity index (χ0) is 10.8. The lowest BCUT2D eigenvalue weighted by molar-refractivity contribution is 0.606. The second kappa shape index (κ2) is 4.59. The first kappa shape index (κ1) is 11.9. The number of nitrogens with one attached hydrogen (secondary N) is 1. The van der Waals surface area contributed by atoms with E-state index >= 15 is 0 Å². The zero-order valence-electron chi connectivity index (χ0n) is 7.29. The normalized spacial score (nSPS) is 11.4. The van der Waals surface area contributed by atoms with Crippen molar-refractivity contribution in [3.63, 3.8) is 0 Å². The summed E-state index contributed by atoms with van der Waals surface area (Å²) >= 11 is 6.15. The van der Waals surface area contributed by atoms with Gasteiger partial charge in [0, 0.05) is 10.7 Å². The highest BCUT2D eigenvalue weighted by Crippen LogP contribution is 2.18. The molecule has 0 fully saturated rings. The summed E-state index contributed by atoms with van der Waals surface area (Å²) in [4.78, 5) is 3.91. The highest BCUT2D eigenvalue weighted by atomic mass is 79.9. The van der Waals surface area contributed by atoms with Crippen LogP contribution in [0.15, 0.2) is 16.7 Å². The van der Waals surface area contributed by atoms with Crippen LogP contribution in [0, 0.1) is 6.92 Å². The van der Waals surface area contributed by atoms with Crippen LogP contribution in [0.2, 0.25) is 0 Å². The first-order valence-electron chi connectivity index (χ1n) is 3.63. The Bertz CT molecular complexity index is 433. The predicted octanol–water partition coefficient (Wildman–Crippen LogP) is 2.25. The van der Waals surface area contributed by atoms with Crippen molar-refractivity contribution in [3.05, 3.63) is 22.3 Å². The average molecular weight is 344 g/mol. The van der Waals surface area contributed by atoms with Crippen LogP contribution in [0.1, 0.15) is 5.56 Å². The molecule has 1 aromatic rings. The Morgan fingerprint density at radius 2 is 2.21 bits per heavy atom. The molecule has 0 unspecified atom stereocenters. The molecule has 14 heavy (non-hydrogen) atoms. The zero-order valence-corrected chi connectivity index (χ0v) is 11.3. The van der Waals surface area contributed by atoms with E-state index in [1.165, 1.54) is 0 Å². The standard InChI is InChI=1S/C7H8Br2N2O2S/c1-5-2-7(10-3-6(5)9)11-14(12,13)4-8/h2-3H,4H2,1H3,(H,10,11).